The lowest BCUT2D eigenvalue weighted by atomic mass is 10.1. The highest BCUT2D eigenvalue weighted by molar-refractivity contribution is 9.10. The average molecular weight is 340 g/mol. The van der Waals surface area contributed by atoms with Crippen molar-refractivity contribution in [1.29, 1.82) is 0 Å². The van der Waals surface area contributed by atoms with Crippen molar-refractivity contribution in [3.05, 3.63) is 40.0 Å². The summed E-state index contributed by atoms with van der Waals surface area (Å²) in [7, 11) is 3.98. The molecule has 0 unspecified atom stereocenters. The molecule has 0 amide bonds. The minimum atomic E-state index is -0.0567. The van der Waals surface area contributed by atoms with Gasteiger partial charge in [-0.3, -0.25) is 9.48 Å². The molecule has 2 heterocycles. The topological polar surface area (TPSA) is 51.3 Å². The van der Waals surface area contributed by atoms with Crippen LogP contribution in [0.15, 0.2) is 27.4 Å². The highest BCUT2D eigenvalue weighted by atomic mass is 79.9. The Morgan fingerprint density at radius 3 is 2.90 bits per heavy atom. The predicted molar refractivity (Wildman–Crippen MR) is 80.0 cm³/mol. The molecule has 5 nitrogen and oxygen atoms in total. The maximum Gasteiger partial charge on any atom is 0.215 e. The number of rotatable bonds is 6. The van der Waals surface area contributed by atoms with E-state index in [0.717, 1.165) is 6.54 Å². The van der Waals surface area contributed by atoms with Crippen molar-refractivity contribution >= 4 is 21.7 Å². The normalized spacial score (nSPS) is 11.2. The summed E-state index contributed by atoms with van der Waals surface area (Å²) in [4.78, 5) is 14.7. The standard InChI is InChI=1S/C14H18BrN3O2/c1-4-12-10(5-8-20-12)14(19)13-11(15)9-16-18(13)7-6-17(2)3/h5,8-9H,4,6-7H2,1-3H3. The van der Waals surface area contributed by atoms with Crippen molar-refractivity contribution < 1.29 is 9.21 Å². The van der Waals surface area contributed by atoms with Crippen LogP contribution in [0.4, 0.5) is 0 Å². The minimum Gasteiger partial charge on any atom is -0.469 e. The lowest BCUT2D eigenvalue weighted by molar-refractivity contribution is 0.102. The van der Waals surface area contributed by atoms with Crippen LogP contribution in [-0.4, -0.2) is 41.1 Å². The van der Waals surface area contributed by atoms with E-state index in [4.69, 9.17) is 4.42 Å². The zero-order chi connectivity index (χ0) is 14.7. The fourth-order valence-electron chi connectivity index (χ4n) is 2.00. The van der Waals surface area contributed by atoms with E-state index in [0.29, 0.717) is 34.5 Å². The molecule has 0 fully saturated rings. The fourth-order valence-corrected chi connectivity index (χ4v) is 2.47. The zero-order valence-corrected chi connectivity index (χ0v) is 13.5. The molecule has 0 atom stereocenters. The number of carbonyl (C=O) groups is 1. The van der Waals surface area contributed by atoms with Crippen molar-refractivity contribution in [3.63, 3.8) is 0 Å². The molecule has 0 saturated heterocycles. The molecule has 2 aromatic heterocycles. The van der Waals surface area contributed by atoms with Gasteiger partial charge in [-0.1, -0.05) is 6.92 Å². The molecular weight excluding hydrogens is 322 g/mol. The summed E-state index contributed by atoms with van der Waals surface area (Å²) in [6, 6.07) is 1.72. The first-order valence-electron chi connectivity index (χ1n) is 6.51. The minimum absolute atomic E-state index is 0.0567. The SMILES string of the molecule is CCc1occc1C(=O)c1c(Br)cnn1CCN(C)C. The molecular formula is C14H18BrN3O2. The van der Waals surface area contributed by atoms with Gasteiger partial charge in [0, 0.05) is 13.0 Å². The third-order valence-corrected chi connectivity index (χ3v) is 3.66. The van der Waals surface area contributed by atoms with Crippen molar-refractivity contribution in [2.24, 2.45) is 0 Å². The largest absolute Gasteiger partial charge is 0.469 e. The molecule has 0 radical (unpaired) electrons. The molecule has 20 heavy (non-hydrogen) atoms. The van der Waals surface area contributed by atoms with Crippen molar-refractivity contribution in [1.82, 2.24) is 14.7 Å². The van der Waals surface area contributed by atoms with E-state index in [9.17, 15) is 4.79 Å². The number of hydrogen-bond donors (Lipinski definition) is 0. The molecule has 6 heteroatoms. The van der Waals surface area contributed by atoms with Crippen LogP contribution in [0, 0.1) is 0 Å². The molecule has 0 saturated carbocycles. The Labute approximate surface area is 126 Å². The molecule has 0 aliphatic heterocycles. The molecule has 2 aromatic rings. The zero-order valence-electron chi connectivity index (χ0n) is 11.9. The van der Waals surface area contributed by atoms with Gasteiger partial charge in [0.15, 0.2) is 0 Å². The predicted octanol–water partition coefficient (Wildman–Crippen LogP) is 2.59. The number of aromatic nitrogens is 2. The van der Waals surface area contributed by atoms with Crippen molar-refractivity contribution in [2.45, 2.75) is 19.9 Å². The maximum absolute atomic E-state index is 12.7. The Hall–Kier alpha value is -1.40. The lowest BCUT2D eigenvalue weighted by Gasteiger charge is -2.11. The van der Waals surface area contributed by atoms with Gasteiger partial charge in [0.25, 0.3) is 0 Å². The molecule has 108 valence electrons. The van der Waals surface area contributed by atoms with E-state index >= 15 is 0 Å². The molecule has 2 rings (SSSR count). The Morgan fingerprint density at radius 2 is 2.25 bits per heavy atom. The van der Waals surface area contributed by atoms with Crippen molar-refractivity contribution in [3.8, 4) is 0 Å². The second-order valence-electron chi connectivity index (χ2n) is 4.81. The Kier molecular flexibility index (Phi) is 4.77. The summed E-state index contributed by atoms with van der Waals surface area (Å²) in [6.45, 7) is 3.45. The van der Waals surface area contributed by atoms with Crippen LogP contribution in [0.3, 0.4) is 0 Å². The highest BCUT2D eigenvalue weighted by Gasteiger charge is 2.22. The molecule has 0 N–H and O–H groups in total. The van der Waals surface area contributed by atoms with E-state index in [2.05, 4.69) is 25.9 Å². The quantitative estimate of drug-likeness (QED) is 0.759. The number of nitrogens with zero attached hydrogens (tertiary/aromatic N) is 3. The first kappa shape index (κ1) is 15.0. The molecule has 0 bridgehead atoms. The van der Waals surface area contributed by atoms with Crippen LogP contribution in [0.5, 0.6) is 0 Å². The number of likely N-dealkylation sites (N-methyl/N-ethyl adjacent to an activating group) is 1. The van der Waals surface area contributed by atoms with Gasteiger partial charge < -0.3 is 9.32 Å². The average Bonchev–Trinajstić information content (AvgIpc) is 3.01. The number of ketones is 1. The van der Waals surface area contributed by atoms with Gasteiger partial charge in [0.05, 0.1) is 29.0 Å². The molecule has 0 aliphatic rings. The Bertz CT molecular complexity index is 601. The third kappa shape index (κ3) is 3.02. The van der Waals surface area contributed by atoms with E-state index in [1.54, 1.807) is 23.2 Å². The monoisotopic (exact) mass is 339 g/mol. The number of halogens is 1. The lowest BCUT2D eigenvalue weighted by Crippen LogP contribution is -2.22. The van der Waals surface area contributed by atoms with Crippen LogP contribution in [-0.2, 0) is 13.0 Å². The van der Waals surface area contributed by atoms with Crippen LogP contribution in [0.2, 0.25) is 0 Å². The first-order valence-corrected chi connectivity index (χ1v) is 7.31. The maximum atomic E-state index is 12.7. The second-order valence-corrected chi connectivity index (χ2v) is 5.66. The van der Waals surface area contributed by atoms with Crippen LogP contribution in [0.1, 0.15) is 28.7 Å². The van der Waals surface area contributed by atoms with Gasteiger partial charge in [0.1, 0.15) is 11.5 Å². The summed E-state index contributed by atoms with van der Waals surface area (Å²) in [5, 5.41) is 4.27. The van der Waals surface area contributed by atoms with Crippen LogP contribution < -0.4 is 0 Å². The summed E-state index contributed by atoms with van der Waals surface area (Å²) >= 11 is 3.41. The smallest absolute Gasteiger partial charge is 0.215 e. The first-order chi connectivity index (χ1) is 9.54. The van der Waals surface area contributed by atoms with Gasteiger partial charge in [-0.15, -0.1) is 0 Å². The van der Waals surface area contributed by atoms with Gasteiger partial charge in [-0.05, 0) is 36.1 Å². The summed E-state index contributed by atoms with van der Waals surface area (Å²) in [5.74, 6) is 0.654. The number of aryl methyl sites for hydroxylation is 1. The summed E-state index contributed by atoms with van der Waals surface area (Å²) in [6.07, 6.45) is 3.91. The Morgan fingerprint density at radius 1 is 1.50 bits per heavy atom. The summed E-state index contributed by atoms with van der Waals surface area (Å²) in [5.41, 5.74) is 1.18. The van der Waals surface area contributed by atoms with Crippen LogP contribution in [0.25, 0.3) is 0 Å². The van der Waals surface area contributed by atoms with Gasteiger partial charge in [0.2, 0.25) is 5.78 Å². The van der Waals surface area contributed by atoms with E-state index in [1.165, 1.54) is 0 Å². The third-order valence-electron chi connectivity index (χ3n) is 3.08. The van der Waals surface area contributed by atoms with Gasteiger partial charge >= 0.3 is 0 Å². The van der Waals surface area contributed by atoms with Gasteiger partial charge in [-0.25, -0.2) is 0 Å². The fraction of sp³-hybridized carbons (Fsp3) is 0.429. The van der Waals surface area contributed by atoms with E-state index < -0.39 is 0 Å². The molecule has 0 aliphatic carbocycles. The van der Waals surface area contributed by atoms with Gasteiger partial charge in [-0.2, -0.15) is 5.10 Å². The van der Waals surface area contributed by atoms with E-state index in [1.807, 2.05) is 21.0 Å². The number of hydrogen-bond acceptors (Lipinski definition) is 4. The second kappa shape index (κ2) is 6.37. The van der Waals surface area contributed by atoms with Crippen molar-refractivity contribution in [2.75, 3.05) is 20.6 Å². The van der Waals surface area contributed by atoms with E-state index in [-0.39, 0.29) is 5.78 Å². The summed E-state index contributed by atoms with van der Waals surface area (Å²) < 4.78 is 7.78. The number of carbonyl (C=O) groups excluding carboxylic acids is 1. The Balaban J connectivity index is 2.32. The van der Waals surface area contributed by atoms with Crippen LogP contribution >= 0.6 is 15.9 Å². The molecule has 0 spiro atoms. The highest BCUT2D eigenvalue weighted by Crippen LogP contribution is 2.22. The number of furan rings is 1. The molecule has 0 aromatic carbocycles.